The summed E-state index contributed by atoms with van der Waals surface area (Å²) < 4.78 is 2.05. The molecular weight excluding hydrogens is 491 g/mol. The zero-order valence-electron chi connectivity index (χ0n) is 16.8. The summed E-state index contributed by atoms with van der Waals surface area (Å²) in [6, 6.07) is -0.884. The molecule has 1 saturated heterocycles. The fourth-order valence-electron chi connectivity index (χ4n) is 3.14. The Balaban J connectivity index is 0.00000289. The normalized spacial score (nSPS) is 19.8. The topological polar surface area (TPSA) is 182 Å². The van der Waals surface area contributed by atoms with E-state index in [1.165, 1.54) is 33.6 Å². The predicted octanol–water partition coefficient (Wildman–Crippen LogP) is -5.47. The summed E-state index contributed by atoms with van der Waals surface area (Å²) >= 11 is 3.55. The number of nitrogens with one attached hydrogen (secondary N) is 2. The first kappa shape index (κ1) is 24.8. The fraction of sp³-hybridized carbons (Fsp3) is 0.400. The maximum atomic E-state index is 12.6. The molecule has 3 N–H and O–H groups in total. The van der Waals surface area contributed by atoms with E-state index in [-0.39, 0.29) is 57.9 Å². The molecule has 0 bridgehead atoms. The number of thioether (sulfide) groups is 2. The van der Waals surface area contributed by atoms with Crippen molar-refractivity contribution in [2.45, 2.75) is 23.0 Å². The minimum atomic E-state index is -1.46. The van der Waals surface area contributed by atoms with Crippen LogP contribution in [0.4, 0.5) is 0 Å². The van der Waals surface area contributed by atoms with Crippen molar-refractivity contribution in [2.24, 2.45) is 7.05 Å². The van der Waals surface area contributed by atoms with Crippen LogP contribution in [0.3, 0.4) is 0 Å². The van der Waals surface area contributed by atoms with Crippen LogP contribution in [0.15, 0.2) is 21.8 Å². The van der Waals surface area contributed by atoms with Crippen LogP contribution in [-0.2, 0) is 27.9 Å². The summed E-state index contributed by atoms with van der Waals surface area (Å²) in [4.78, 5) is 37.7. The molecule has 0 saturated carbocycles. The van der Waals surface area contributed by atoms with Gasteiger partial charge in [0.25, 0.3) is 5.91 Å². The van der Waals surface area contributed by atoms with E-state index < -0.39 is 29.2 Å². The summed E-state index contributed by atoms with van der Waals surface area (Å²) in [6.07, 6.45) is -0.218. The Morgan fingerprint density at radius 3 is 2.81 bits per heavy atom. The second kappa shape index (κ2) is 9.96. The molecule has 2 atom stereocenters. The molecule has 2 aliphatic rings. The molecule has 4 heterocycles. The fourth-order valence-corrected chi connectivity index (χ4v) is 6.12. The first-order valence-corrected chi connectivity index (χ1v) is 11.6. The summed E-state index contributed by atoms with van der Waals surface area (Å²) in [7, 11) is 1.66. The summed E-state index contributed by atoms with van der Waals surface area (Å²) in [6.45, 7) is 0. The number of aryl methyl sites for hydroxylation is 1. The average molecular weight is 507 g/mol. The quantitative estimate of drug-likeness (QED) is 0.142. The van der Waals surface area contributed by atoms with Crippen LogP contribution < -0.4 is 44.8 Å². The van der Waals surface area contributed by atoms with E-state index >= 15 is 0 Å². The van der Waals surface area contributed by atoms with Crippen LogP contribution in [0.25, 0.3) is 0 Å². The van der Waals surface area contributed by atoms with Gasteiger partial charge < -0.3 is 20.4 Å². The van der Waals surface area contributed by atoms with Crippen molar-refractivity contribution in [3.63, 3.8) is 0 Å². The number of carboxylic acid groups (broad SMARTS) is 1. The number of hydrogen-bond acceptors (Lipinski definition) is 12. The van der Waals surface area contributed by atoms with E-state index in [2.05, 4.69) is 20.8 Å². The number of β-lactam (4-membered cyclic amide) rings is 1. The van der Waals surface area contributed by atoms with E-state index in [0.717, 1.165) is 16.2 Å². The van der Waals surface area contributed by atoms with Gasteiger partial charge in [-0.3, -0.25) is 19.9 Å². The van der Waals surface area contributed by atoms with E-state index in [1.807, 2.05) is 0 Å². The minimum absolute atomic E-state index is 0. The van der Waals surface area contributed by atoms with Gasteiger partial charge in [0, 0.05) is 23.9 Å². The molecule has 2 aromatic rings. The standard InChI is InChI=1S/C15H16N8O5S3.Na/c1-21-15(18-19-20-21)31-4-6-3-29-12-9(11(25)22(12)10(6)13(26)27)17-8(24)2-7-5-30-14(16)23(7)28;/h5,9,12,16,28H,2-4H2,1H3,(H,17,24)(H,26,27);/q;+1/p-1/t9?,12-;/m1./s1. The monoisotopic (exact) mass is 506 g/mol. The number of rotatable bonds is 7. The third kappa shape index (κ3) is 4.60. The number of amides is 2. The average Bonchev–Trinajstić information content (AvgIpc) is 3.29. The van der Waals surface area contributed by atoms with Crippen molar-refractivity contribution in [1.82, 2.24) is 35.2 Å². The summed E-state index contributed by atoms with van der Waals surface area (Å²) in [5.41, 5.74) is 0.544. The van der Waals surface area contributed by atoms with Crippen molar-refractivity contribution in [3.05, 3.63) is 27.1 Å². The van der Waals surface area contributed by atoms with Gasteiger partial charge in [-0.25, -0.2) is 4.68 Å². The molecule has 0 radical (unpaired) electrons. The predicted molar refractivity (Wildman–Crippen MR) is 106 cm³/mol. The molecule has 0 spiro atoms. The Hall–Kier alpha value is -1.85. The molecular formula is C15H15N8NaO5S3. The smallest absolute Gasteiger partial charge is 0.543 e. The first-order valence-electron chi connectivity index (χ1n) is 8.73. The molecule has 164 valence electrons. The molecule has 0 aromatic carbocycles. The number of aromatic nitrogens is 5. The van der Waals surface area contributed by atoms with Crippen LogP contribution in [-0.4, -0.2) is 75.7 Å². The molecule has 0 aliphatic carbocycles. The van der Waals surface area contributed by atoms with Gasteiger partial charge in [0.05, 0.1) is 23.8 Å². The number of carboxylic acids is 1. The van der Waals surface area contributed by atoms with Gasteiger partial charge in [0.1, 0.15) is 11.4 Å². The number of nitrogens with zero attached hydrogens (tertiary/aromatic N) is 6. The van der Waals surface area contributed by atoms with Gasteiger partial charge >= 0.3 is 29.6 Å². The zero-order chi connectivity index (χ0) is 22.3. The van der Waals surface area contributed by atoms with Crippen molar-refractivity contribution < 1.29 is 54.3 Å². The van der Waals surface area contributed by atoms with Crippen molar-refractivity contribution >= 4 is 52.6 Å². The van der Waals surface area contributed by atoms with E-state index in [4.69, 9.17) is 5.41 Å². The number of thiazole rings is 1. The number of carbonyl (C=O) groups is 3. The van der Waals surface area contributed by atoms with Gasteiger partial charge in [-0.05, 0) is 16.0 Å². The molecule has 17 heteroatoms. The molecule has 1 fully saturated rings. The molecule has 1 unspecified atom stereocenters. The van der Waals surface area contributed by atoms with Crippen LogP contribution in [0.1, 0.15) is 5.69 Å². The number of carbonyl (C=O) groups excluding carboxylic acids is 3. The van der Waals surface area contributed by atoms with Crippen LogP contribution >= 0.6 is 34.9 Å². The zero-order valence-corrected chi connectivity index (χ0v) is 21.3. The van der Waals surface area contributed by atoms with Gasteiger partial charge in [0.2, 0.25) is 15.9 Å². The Morgan fingerprint density at radius 1 is 1.47 bits per heavy atom. The number of tetrazole rings is 1. The Labute approximate surface area is 215 Å². The number of hydrogen-bond donors (Lipinski definition) is 3. The number of fused-ring (bicyclic) bond motifs is 1. The van der Waals surface area contributed by atoms with Crippen molar-refractivity contribution in [3.8, 4) is 0 Å². The van der Waals surface area contributed by atoms with E-state index in [1.54, 1.807) is 7.05 Å². The van der Waals surface area contributed by atoms with Crippen LogP contribution in [0, 0.1) is 5.41 Å². The molecule has 2 amide bonds. The second-order valence-electron chi connectivity index (χ2n) is 6.59. The Bertz CT molecular complexity index is 1160. The first-order chi connectivity index (χ1) is 14.8. The van der Waals surface area contributed by atoms with Crippen LogP contribution in [0.2, 0.25) is 0 Å². The van der Waals surface area contributed by atoms with Gasteiger partial charge in [-0.2, -0.15) is 4.73 Å². The molecule has 32 heavy (non-hydrogen) atoms. The Morgan fingerprint density at radius 2 is 2.22 bits per heavy atom. The SMILES string of the molecule is Cn1nnnc1SCC1=C(C(=O)[O-])N2C(=O)C(NC(=O)Cc3csc(=N)n3O)[C@H]2SC1.[Na+]. The van der Waals surface area contributed by atoms with Gasteiger partial charge in [-0.1, -0.05) is 11.8 Å². The summed E-state index contributed by atoms with van der Waals surface area (Å²) in [5, 5.41) is 44.0. The third-order valence-corrected chi connectivity index (χ3v) is 7.85. The molecule has 4 rings (SSSR count). The van der Waals surface area contributed by atoms with Gasteiger partial charge in [0.15, 0.2) is 0 Å². The van der Waals surface area contributed by atoms with E-state index in [9.17, 15) is 24.7 Å². The maximum absolute atomic E-state index is 12.6. The maximum Gasteiger partial charge on any atom is 1.00 e. The van der Waals surface area contributed by atoms with Gasteiger partial charge in [-0.15, -0.1) is 28.2 Å². The molecule has 13 nitrogen and oxygen atoms in total. The third-order valence-electron chi connectivity index (χ3n) is 4.63. The second-order valence-corrected chi connectivity index (χ2v) is 9.49. The largest absolute Gasteiger partial charge is 1.00 e. The van der Waals surface area contributed by atoms with Crippen molar-refractivity contribution in [1.29, 1.82) is 5.41 Å². The summed E-state index contributed by atoms with van der Waals surface area (Å²) in [5.74, 6) is -1.92. The Kier molecular flexibility index (Phi) is 7.72. The van der Waals surface area contributed by atoms with E-state index in [0.29, 0.717) is 21.2 Å². The van der Waals surface area contributed by atoms with Crippen LogP contribution in [0.5, 0.6) is 0 Å². The number of aliphatic carboxylic acids is 1. The molecule has 2 aromatic heterocycles. The minimum Gasteiger partial charge on any atom is -0.543 e. The molecule has 2 aliphatic heterocycles. The van der Waals surface area contributed by atoms with Crippen molar-refractivity contribution in [2.75, 3.05) is 11.5 Å².